The Balaban J connectivity index is 1.88. The van der Waals surface area contributed by atoms with Gasteiger partial charge < -0.3 is 5.11 Å². The van der Waals surface area contributed by atoms with Crippen LogP contribution in [-0.2, 0) is 0 Å². The summed E-state index contributed by atoms with van der Waals surface area (Å²) in [5.41, 5.74) is 2.16. The fourth-order valence-corrected chi connectivity index (χ4v) is 3.99. The van der Waals surface area contributed by atoms with Crippen LogP contribution in [0.25, 0.3) is 16.2 Å². The average Bonchev–Trinajstić information content (AvgIpc) is 3.00. The quantitative estimate of drug-likeness (QED) is 0.682. The van der Waals surface area contributed by atoms with Crippen LogP contribution in [0.1, 0.15) is 26.9 Å². The van der Waals surface area contributed by atoms with Gasteiger partial charge >= 0.3 is 0 Å². The first-order chi connectivity index (χ1) is 10.3. The van der Waals surface area contributed by atoms with Crippen LogP contribution in [-0.4, -0.2) is 10.9 Å². The van der Waals surface area contributed by atoms with Crippen LogP contribution in [0.5, 0.6) is 0 Å². The largest absolute Gasteiger partial charge is 0.383 e. The standard InChI is InChI=1S/C18H12O2S/c19-16-13(10-11-6-2-1-3-7-11)17(20)18-15(16)12-8-4-5-9-14(12)21-18/h1-10,16,19H/b13-10+/t16-/m1/s1. The first-order valence-corrected chi connectivity index (χ1v) is 7.58. The average molecular weight is 292 g/mol. The first-order valence-electron chi connectivity index (χ1n) is 6.76. The molecule has 0 unspecified atom stereocenters. The molecule has 1 N–H and O–H groups in total. The number of aliphatic hydroxyl groups is 1. The van der Waals surface area contributed by atoms with Crippen molar-refractivity contribution in [1.29, 1.82) is 0 Å². The molecule has 3 heteroatoms. The van der Waals surface area contributed by atoms with Crippen molar-refractivity contribution in [3.63, 3.8) is 0 Å². The predicted octanol–water partition coefficient (Wildman–Crippen LogP) is 4.21. The Morgan fingerprint density at radius 3 is 2.52 bits per heavy atom. The van der Waals surface area contributed by atoms with Gasteiger partial charge in [0.05, 0.1) is 4.88 Å². The fraction of sp³-hybridized carbons (Fsp3) is 0.0556. The van der Waals surface area contributed by atoms with Crippen LogP contribution in [0.15, 0.2) is 60.2 Å². The van der Waals surface area contributed by atoms with Crippen LogP contribution in [0.4, 0.5) is 0 Å². The van der Waals surface area contributed by atoms with Gasteiger partial charge in [0, 0.05) is 15.8 Å². The van der Waals surface area contributed by atoms with Crippen molar-refractivity contribution in [3.8, 4) is 0 Å². The number of rotatable bonds is 1. The summed E-state index contributed by atoms with van der Waals surface area (Å²) in [5.74, 6) is -0.0532. The highest BCUT2D eigenvalue weighted by Gasteiger charge is 2.36. The molecule has 0 bridgehead atoms. The molecule has 0 amide bonds. The Kier molecular flexibility index (Phi) is 2.77. The molecule has 102 valence electrons. The smallest absolute Gasteiger partial charge is 0.202 e. The molecule has 0 spiro atoms. The van der Waals surface area contributed by atoms with E-state index in [-0.39, 0.29) is 5.78 Å². The Labute approximate surface area is 126 Å². The number of fused-ring (bicyclic) bond motifs is 3. The summed E-state index contributed by atoms with van der Waals surface area (Å²) in [6.07, 6.45) is 0.956. The van der Waals surface area contributed by atoms with Crippen molar-refractivity contribution in [2.45, 2.75) is 6.10 Å². The number of carbonyl (C=O) groups excluding carboxylic acids is 1. The van der Waals surface area contributed by atoms with Crippen LogP contribution in [0, 0.1) is 0 Å². The van der Waals surface area contributed by atoms with E-state index in [1.165, 1.54) is 11.3 Å². The zero-order valence-electron chi connectivity index (χ0n) is 11.1. The third-order valence-electron chi connectivity index (χ3n) is 3.79. The minimum absolute atomic E-state index is 0.0532. The SMILES string of the molecule is O=C1/C(=C/c2ccccc2)[C@@H](O)c2c1sc1ccccc21. The highest BCUT2D eigenvalue weighted by Crippen LogP contribution is 2.45. The highest BCUT2D eigenvalue weighted by molar-refractivity contribution is 7.21. The van der Waals surface area contributed by atoms with E-state index in [0.717, 1.165) is 21.2 Å². The second-order valence-corrected chi connectivity index (χ2v) is 6.14. The monoisotopic (exact) mass is 292 g/mol. The summed E-state index contributed by atoms with van der Waals surface area (Å²) in [6, 6.07) is 17.5. The second-order valence-electron chi connectivity index (χ2n) is 5.08. The van der Waals surface area contributed by atoms with E-state index in [1.807, 2.05) is 54.6 Å². The van der Waals surface area contributed by atoms with Gasteiger partial charge in [-0.1, -0.05) is 48.5 Å². The first kappa shape index (κ1) is 12.5. The molecule has 4 rings (SSSR count). The molecular formula is C18H12O2S. The fourth-order valence-electron chi connectivity index (χ4n) is 2.79. The lowest BCUT2D eigenvalue weighted by Gasteiger charge is -2.05. The third-order valence-corrected chi connectivity index (χ3v) is 4.98. The lowest BCUT2D eigenvalue weighted by Crippen LogP contribution is -1.99. The van der Waals surface area contributed by atoms with E-state index < -0.39 is 6.10 Å². The zero-order valence-corrected chi connectivity index (χ0v) is 11.9. The van der Waals surface area contributed by atoms with E-state index >= 15 is 0 Å². The molecule has 21 heavy (non-hydrogen) atoms. The maximum Gasteiger partial charge on any atom is 0.202 e. The van der Waals surface area contributed by atoms with Crippen LogP contribution in [0.2, 0.25) is 0 Å². The minimum atomic E-state index is -0.830. The molecular weight excluding hydrogens is 280 g/mol. The maximum absolute atomic E-state index is 12.6. The zero-order chi connectivity index (χ0) is 14.4. The number of hydrogen-bond acceptors (Lipinski definition) is 3. The van der Waals surface area contributed by atoms with Gasteiger partial charge in [-0.3, -0.25) is 4.79 Å². The normalized spacial score (nSPS) is 19.4. The van der Waals surface area contributed by atoms with E-state index in [4.69, 9.17) is 0 Å². The van der Waals surface area contributed by atoms with Gasteiger partial charge in [0.1, 0.15) is 6.10 Å². The van der Waals surface area contributed by atoms with Gasteiger partial charge in [-0.05, 0) is 23.1 Å². The number of thiophene rings is 1. The Morgan fingerprint density at radius 2 is 1.71 bits per heavy atom. The van der Waals surface area contributed by atoms with E-state index in [0.29, 0.717) is 10.5 Å². The molecule has 0 fully saturated rings. The molecule has 1 heterocycles. The molecule has 0 radical (unpaired) electrons. The summed E-state index contributed by atoms with van der Waals surface area (Å²) < 4.78 is 1.05. The summed E-state index contributed by atoms with van der Waals surface area (Å²) in [6.45, 7) is 0. The van der Waals surface area contributed by atoms with Gasteiger partial charge in [-0.2, -0.15) is 0 Å². The molecule has 0 aliphatic heterocycles. The molecule has 2 nitrogen and oxygen atoms in total. The summed E-state index contributed by atoms with van der Waals surface area (Å²) in [7, 11) is 0. The molecule has 0 saturated carbocycles. The Hall–Kier alpha value is -2.23. The minimum Gasteiger partial charge on any atom is -0.383 e. The predicted molar refractivity (Wildman–Crippen MR) is 85.5 cm³/mol. The topological polar surface area (TPSA) is 37.3 Å². The molecule has 1 aliphatic rings. The number of hydrogen-bond donors (Lipinski definition) is 1. The third kappa shape index (κ3) is 1.86. The van der Waals surface area contributed by atoms with Gasteiger partial charge in [0.25, 0.3) is 0 Å². The van der Waals surface area contributed by atoms with Crippen molar-refractivity contribution in [2.24, 2.45) is 0 Å². The number of Topliss-reactive ketones (excluding diaryl/α,β-unsaturated/α-hetero) is 1. The summed E-state index contributed by atoms with van der Waals surface area (Å²) in [5, 5.41) is 11.6. The lowest BCUT2D eigenvalue weighted by atomic mass is 10.0. The van der Waals surface area contributed by atoms with Crippen LogP contribution < -0.4 is 0 Å². The van der Waals surface area contributed by atoms with Gasteiger partial charge in [-0.15, -0.1) is 11.3 Å². The molecule has 0 saturated heterocycles. The van der Waals surface area contributed by atoms with E-state index in [1.54, 1.807) is 6.08 Å². The van der Waals surface area contributed by atoms with Crippen molar-refractivity contribution in [2.75, 3.05) is 0 Å². The van der Waals surface area contributed by atoms with Crippen molar-refractivity contribution < 1.29 is 9.90 Å². The molecule has 3 aromatic rings. The number of carbonyl (C=O) groups is 1. The highest BCUT2D eigenvalue weighted by atomic mass is 32.1. The van der Waals surface area contributed by atoms with Gasteiger partial charge in [0.2, 0.25) is 5.78 Å². The number of ketones is 1. The summed E-state index contributed by atoms with van der Waals surface area (Å²) in [4.78, 5) is 13.2. The second kappa shape index (κ2) is 4.65. The van der Waals surface area contributed by atoms with E-state index in [9.17, 15) is 9.90 Å². The van der Waals surface area contributed by atoms with Crippen molar-refractivity contribution in [3.05, 3.63) is 76.2 Å². The van der Waals surface area contributed by atoms with E-state index in [2.05, 4.69) is 0 Å². The Bertz CT molecular complexity index is 875. The maximum atomic E-state index is 12.6. The molecule has 1 aliphatic carbocycles. The van der Waals surface area contributed by atoms with Gasteiger partial charge in [-0.25, -0.2) is 0 Å². The molecule has 1 atom stereocenters. The number of benzene rings is 2. The molecule has 2 aromatic carbocycles. The lowest BCUT2D eigenvalue weighted by molar-refractivity contribution is 0.102. The van der Waals surface area contributed by atoms with Crippen molar-refractivity contribution in [1.82, 2.24) is 0 Å². The van der Waals surface area contributed by atoms with Crippen LogP contribution >= 0.6 is 11.3 Å². The summed E-state index contributed by atoms with van der Waals surface area (Å²) >= 11 is 1.46. The Morgan fingerprint density at radius 1 is 1.00 bits per heavy atom. The number of aliphatic hydroxyl groups excluding tert-OH is 1. The van der Waals surface area contributed by atoms with Crippen molar-refractivity contribution >= 4 is 33.3 Å². The molecule has 1 aromatic heterocycles. The van der Waals surface area contributed by atoms with Crippen LogP contribution in [0.3, 0.4) is 0 Å². The van der Waals surface area contributed by atoms with Gasteiger partial charge in [0.15, 0.2) is 0 Å².